The first-order valence-electron chi connectivity index (χ1n) is 8.12. The van der Waals surface area contributed by atoms with Crippen molar-refractivity contribution in [1.82, 2.24) is 0 Å². The van der Waals surface area contributed by atoms with Gasteiger partial charge in [-0.3, -0.25) is 0 Å². The zero-order chi connectivity index (χ0) is 15.2. The van der Waals surface area contributed by atoms with E-state index in [1.54, 1.807) is 0 Å². The standard InChI is InChI=1S/C17H17.C5H5.7CH3.Hf/c1-2-3-6-13-9-10-16-11-14-7-4-5-8-15(14)12-17(13)16;1-2-4-5-3-1;;;;;;;;/h4-5,7-12H,2-3,6H2,1H3;1-5H;7*1H3;/q9*-1;. The Hall–Kier alpha value is -1.47. The molecule has 1 heteroatoms. The summed E-state index contributed by atoms with van der Waals surface area (Å²) in [5.74, 6) is 0. The second kappa shape index (κ2) is 22.2. The van der Waals surface area contributed by atoms with E-state index in [2.05, 4.69) is 55.5 Å². The molecule has 0 nitrogen and oxygen atoms in total. The van der Waals surface area contributed by atoms with Crippen LogP contribution in [0, 0.1) is 52.0 Å². The minimum Gasteiger partial charge on any atom is -0.358 e. The third kappa shape index (κ3) is 11.1. The first-order valence-corrected chi connectivity index (χ1v) is 8.12. The minimum absolute atomic E-state index is 0. The van der Waals surface area contributed by atoms with Gasteiger partial charge in [0.1, 0.15) is 0 Å². The van der Waals surface area contributed by atoms with E-state index in [9.17, 15) is 0 Å². The molecular formula is C29H43Hf-9. The number of aryl methyl sites for hydroxylation is 1. The van der Waals surface area contributed by atoms with E-state index in [1.807, 2.05) is 30.3 Å². The number of rotatable bonds is 3. The molecule has 0 aliphatic heterocycles. The van der Waals surface area contributed by atoms with Gasteiger partial charge in [-0.05, 0) is 5.39 Å². The molecule has 0 saturated carbocycles. The van der Waals surface area contributed by atoms with Gasteiger partial charge >= 0.3 is 0 Å². The summed E-state index contributed by atoms with van der Waals surface area (Å²) in [6, 6.07) is 27.8. The van der Waals surface area contributed by atoms with Gasteiger partial charge < -0.3 is 52.0 Å². The summed E-state index contributed by atoms with van der Waals surface area (Å²) in [5.41, 5.74) is 1.51. The van der Waals surface area contributed by atoms with Crippen molar-refractivity contribution < 1.29 is 25.8 Å². The van der Waals surface area contributed by atoms with Crippen LogP contribution in [0.4, 0.5) is 0 Å². The molecule has 0 amide bonds. The molecule has 4 aromatic carbocycles. The smallest absolute Gasteiger partial charge is 0 e. The van der Waals surface area contributed by atoms with Crippen molar-refractivity contribution >= 4 is 21.5 Å². The van der Waals surface area contributed by atoms with Gasteiger partial charge in [-0.2, -0.15) is 24.3 Å². The fraction of sp³-hybridized carbons (Fsp3) is 0.138. The van der Waals surface area contributed by atoms with Crippen LogP contribution in [0.15, 0.2) is 78.9 Å². The van der Waals surface area contributed by atoms with Crippen LogP contribution in [-0.4, -0.2) is 0 Å². The van der Waals surface area contributed by atoms with Crippen LogP contribution in [0.25, 0.3) is 21.5 Å². The second-order valence-electron chi connectivity index (χ2n) is 5.71. The molecule has 0 aliphatic carbocycles. The molecule has 0 aliphatic rings. The summed E-state index contributed by atoms with van der Waals surface area (Å²) in [6.45, 7) is 2.25. The van der Waals surface area contributed by atoms with Gasteiger partial charge in [0.25, 0.3) is 0 Å². The largest absolute Gasteiger partial charge is 0.358 e. The first-order chi connectivity index (χ1) is 10.9. The molecular weight excluding hydrogens is 527 g/mol. The van der Waals surface area contributed by atoms with Crippen molar-refractivity contribution in [3.8, 4) is 0 Å². The average molecular weight is 570 g/mol. The number of hydrogen-bond donors (Lipinski definition) is 0. The van der Waals surface area contributed by atoms with Crippen molar-refractivity contribution in [1.29, 1.82) is 0 Å². The van der Waals surface area contributed by atoms with E-state index < -0.39 is 0 Å². The van der Waals surface area contributed by atoms with Crippen LogP contribution in [0.5, 0.6) is 0 Å². The van der Waals surface area contributed by atoms with Crippen LogP contribution >= 0.6 is 0 Å². The maximum absolute atomic E-state index is 2.34. The number of unbranched alkanes of at least 4 members (excludes halogenated alkanes) is 1. The Kier molecular flexibility index (Phi) is 31.6. The topological polar surface area (TPSA) is 0 Å². The molecule has 4 aromatic rings. The van der Waals surface area contributed by atoms with Gasteiger partial charge in [-0.1, -0.05) is 61.9 Å². The molecule has 0 aromatic heterocycles. The van der Waals surface area contributed by atoms with Gasteiger partial charge in [0.15, 0.2) is 0 Å². The van der Waals surface area contributed by atoms with E-state index in [-0.39, 0.29) is 77.8 Å². The van der Waals surface area contributed by atoms with Crippen molar-refractivity contribution in [2.75, 3.05) is 0 Å². The normalized spacial score (nSPS) is 7.77. The summed E-state index contributed by atoms with van der Waals surface area (Å²) >= 11 is 0. The second-order valence-corrected chi connectivity index (χ2v) is 5.71. The molecule has 0 heterocycles. The van der Waals surface area contributed by atoms with E-state index in [4.69, 9.17) is 0 Å². The Morgan fingerprint density at radius 2 is 1.23 bits per heavy atom. The Balaban J connectivity index is -0.0000000997. The molecule has 0 bridgehead atoms. The van der Waals surface area contributed by atoms with E-state index in [0.29, 0.717) is 0 Å². The minimum atomic E-state index is 0. The Morgan fingerprint density at radius 3 is 1.70 bits per heavy atom. The molecule has 0 saturated heterocycles. The van der Waals surface area contributed by atoms with Crippen molar-refractivity contribution in [2.45, 2.75) is 26.2 Å². The summed E-state index contributed by atoms with van der Waals surface area (Å²) in [6.07, 6.45) is 3.75. The zero-order valence-electron chi connectivity index (χ0n) is 20.6. The fourth-order valence-electron chi connectivity index (χ4n) is 2.86. The van der Waals surface area contributed by atoms with Crippen LogP contribution in [-0.2, 0) is 32.3 Å². The third-order valence-corrected chi connectivity index (χ3v) is 4.08. The maximum Gasteiger partial charge on any atom is 0 e. The van der Waals surface area contributed by atoms with Crippen molar-refractivity contribution in [3.63, 3.8) is 0 Å². The van der Waals surface area contributed by atoms with Gasteiger partial charge in [0, 0.05) is 25.8 Å². The average Bonchev–Trinajstić information content (AvgIpc) is 3.24. The molecule has 0 atom stereocenters. The zero-order valence-corrected chi connectivity index (χ0v) is 24.2. The van der Waals surface area contributed by atoms with Crippen LogP contribution in [0.1, 0.15) is 25.3 Å². The van der Waals surface area contributed by atoms with Crippen LogP contribution in [0.3, 0.4) is 0 Å². The SMILES string of the molecule is CCCC[c-]1ccc2cc3ccccc3cc21.[CH3-].[CH3-].[CH3-].[CH3-].[CH3-].[CH3-].[CH3-].[Hf].c1cc[cH-]c1. The van der Waals surface area contributed by atoms with E-state index in [0.717, 1.165) is 0 Å². The van der Waals surface area contributed by atoms with E-state index >= 15 is 0 Å². The van der Waals surface area contributed by atoms with Crippen molar-refractivity contribution in [3.05, 3.63) is 136 Å². The van der Waals surface area contributed by atoms with Crippen molar-refractivity contribution in [2.24, 2.45) is 0 Å². The molecule has 0 radical (unpaired) electrons. The van der Waals surface area contributed by atoms with Gasteiger partial charge in [0.2, 0.25) is 0 Å². The molecule has 0 spiro atoms. The Labute approximate surface area is 209 Å². The fourth-order valence-corrected chi connectivity index (χ4v) is 2.86. The monoisotopic (exact) mass is 571 g/mol. The predicted octanol–water partition coefficient (Wildman–Crippen LogP) is 9.61. The summed E-state index contributed by atoms with van der Waals surface area (Å²) in [4.78, 5) is 0. The molecule has 0 unspecified atom stereocenters. The number of fused-ring (bicyclic) bond motifs is 2. The summed E-state index contributed by atoms with van der Waals surface area (Å²) < 4.78 is 0. The van der Waals surface area contributed by atoms with Crippen LogP contribution < -0.4 is 0 Å². The summed E-state index contributed by atoms with van der Waals surface area (Å²) in [5, 5.41) is 5.52. The van der Waals surface area contributed by atoms with E-state index in [1.165, 1.54) is 46.4 Å². The Morgan fingerprint density at radius 1 is 0.700 bits per heavy atom. The molecule has 4 rings (SSSR count). The molecule has 30 heavy (non-hydrogen) atoms. The third-order valence-electron chi connectivity index (χ3n) is 4.08. The van der Waals surface area contributed by atoms with Gasteiger partial charge in [-0.25, -0.2) is 12.1 Å². The first kappa shape index (κ1) is 42.6. The quantitative estimate of drug-likeness (QED) is 0.170. The van der Waals surface area contributed by atoms with Gasteiger partial charge in [-0.15, -0.1) is 28.5 Å². The Bertz CT molecular complexity index is 805. The number of hydrogen-bond acceptors (Lipinski definition) is 0. The maximum atomic E-state index is 2.34. The molecule has 172 valence electrons. The molecule has 0 N–H and O–H groups in total. The molecule has 0 fully saturated rings. The van der Waals surface area contributed by atoms with Crippen LogP contribution in [0.2, 0.25) is 0 Å². The number of benzene rings is 2. The predicted molar refractivity (Wildman–Crippen MR) is 143 cm³/mol. The van der Waals surface area contributed by atoms with Gasteiger partial charge in [0.05, 0.1) is 0 Å². The summed E-state index contributed by atoms with van der Waals surface area (Å²) in [7, 11) is 0.